The molecule has 2 aromatic heterocycles. The van der Waals surface area contributed by atoms with E-state index in [-0.39, 0.29) is 11.7 Å². The Bertz CT molecular complexity index is 664. The Hall–Kier alpha value is -1.53. The van der Waals surface area contributed by atoms with Gasteiger partial charge in [-0.05, 0) is 44.7 Å². The second-order valence-electron chi connectivity index (χ2n) is 5.12. The maximum Gasteiger partial charge on any atom is 0.267 e. The average molecular weight is 320 g/mol. The van der Waals surface area contributed by atoms with Crippen LogP contribution in [0.15, 0.2) is 12.1 Å². The first-order valence-electron chi connectivity index (χ1n) is 7.04. The van der Waals surface area contributed by atoms with Gasteiger partial charge in [0, 0.05) is 4.88 Å². The first-order chi connectivity index (χ1) is 10.1. The Morgan fingerprint density at radius 2 is 1.86 bits per heavy atom. The third-order valence-corrected chi connectivity index (χ3v) is 5.75. The van der Waals surface area contributed by atoms with Gasteiger partial charge in [0.15, 0.2) is 10.9 Å². The van der Waals surface area contributed by atoms with Crippen LogP contribution in [0, 0.1) is 0 Å². The van der Waals surface area contributed by atoms with Crippen LogP contribution in [0.4, 0.5) is 5.13 Å². The van der Waals surface area contributed by atoms with E-state index in [0.29, 0.717) is 14.9 Å². The summed E-state index contributed by atoms with van der Waals surface area (Å²) in [6, 6.07) is 3.38. The summed E-state index contributed by atoms with van der Waals surface area (Å²) in [5.41, 5.74) is 1.14. The molecule has 0 saturated heterocycles. The number of aryl methyl sites for hydroxylation is 2. The van der Waals surface area contributed by atoms with Gasteiger partial charge >= 0.3 is 0 Å². The van der Waals surface area contributed by atoms with Gasteiger partial charge in [-0.25, -0.2) is 4.98 Å². The molecule has 21 heavy (non-hydrogen) atoms. The van der Waals surface area contributed by atoms with Crippen molar-refractivity contribution in [3.63, 3.8) is 0 Å². The molecule has 0 bridgehead atoms. The van der Waals surface area contributed by atoms with E-state index < -0.39 is 0 Å². The predicted molar refractivity (Wildman–Crippen MR) is 85.6 cm³/mol. The topological polar surface area (TPSA) is 59.1 Å². The zero-order valence-electron chi connectivity index (χ0n) is 11.8. The first-order valence-corrected chi connectivity index (χ1v) is 8.67. The molecular formula is C15H16N2O2S2. The molecule has 0 aliphatic heterocycles. The van der Waals surface area contributed by atoms with Crippen LogP contribution in [0.1, 0.15) is 56.1 Å². The van der Waals surface area contributed by atoms with Gasteiger partial charge in [-0.15, -0.1) is 22.7 Å². The van der Waals surface area contributed by atoms with Crippen molar-refractivity contribution in [2.45, 2.75) is 39.0 Å². The third kappa shape index (κ3) is 3.22. The summed E-state index contributed by atoms with van der Waals surface area (Å²) in [6.45, 7) is 1.51. The lowest BCUT2D eigenvalue weighted by molar-refractivity contribution is 0.101. The third-order valence-electron chi connectivity index (χ3n) is 3.49. The highest BCUT2D eigenvalue weighted by Gasteiger charge is 2.17. The number of thiophene rings is 1. The summed E-state index contributed by atoms with van der Waals surface area (Å²) in [5, 5.41) is 3.53. The predicted octanol–water partition coefficient (Wildman–Crippen LogP) is 3.93. The van der Waals surface area contributed by atoms with Gasteiger partial charge in [-0.1, -0.05) is 6.42 Å². The maximum absolute atomic E-state index is 12.2. The molecule has 110 valence electrons. The molecule has 1 aliphatic carbocycles. The van der Waals surface area contributed by atoms with Crippen LogP contribution >= 0.6 is 22.7 Å². The van der Waals surface area contributed by atoms with E-state index in [1.54, 1.807) is 23.5 Å². The monoisotopic (exact) mass is 320 g/mol. The van der Waals surface area contributed by atoms with Crippen molar-refractivity contribution < 1.29 is 9.59 Å². The quantitative estimate of drug-likeness (QED) is 0.688. The Balaban J connectivity index is 1.73. The highest BCUT2D eigenvalue weighted by Crippen LogP contribution is 2.29. The molecule has 0 atom stereocenters. The Kier molecular flexibility index (Phi) is 4.17. The lowest BCUT2D eigenvalue weighted by Crippen LogP contribution is -2.09. The molecule has 0 radical (unpaired) electrons. The Labute approximate surface area is 131 Å². The van der Waals surface area contributed by atoms with Gasteiger partial charge in [0.2, 0.25) is 0 Å². The molecule has 6 heteroatoms. The number of carbonyl (C=O) groups excluding carboxylic acids is 2. The summed E-state index contributed by atoms with van der Waals surface area (Å²) in [7, 11) is 0. The van der Waals surface area contributed by atoms with Gasteiger partial charge in [-0.2, -0.15) is 0 Å². The molecule has 3 rings (SSSR count). The van der Waals surface area contributed by atoms with Crippen LogP contribution in [-0.4, -0.2) is 16.7 Å². The molecule has 4 nitrogen and oxygen atoms in total. The minimum absolute atomic E-state index is 0.0139. The Morgan fingerprint density at radius 1 is 1.10 bits per heavy atom. The number of carbonyl (C=O) groups is 2. The molecule has 0 saturated carbocycles. The Morgan fingerprint density at radius 3 is 2.62 bits per heavy atom. The van der Waals surface area contributed by atoms with Crippen LogP contribution in [0.5, 0.6) is 0 Å². The maximum atomic E-state index is 12.2. The van der Waals surface area contributed by atoms with Gasteiger partial charge in [-0.3, -0.25) is 14.9 Å². The number of ketones is 1. The van der Waals surface area contributed by atoms with Crippen LogP contribution in [-0.2, 0) is 12.8 Å². The number of nitrogens with one attached hydrogen (secondary N) is 1. The van der Waals surface area contributed by atoms with Crippen LogP contribution in [0.3, 0.4) is 0 Å². The highest BCUT2D eigenvalue weighted by atomic mass is 32.1. The normalized spacial score (nSPS) is 14.3. The zero-order chi connectivity index (χ0) is 14.8. The first kappa shape index (κ1) is 14.4. The van der Waals surface area contributed by atoms with Crippen LogP contribution < -0.4 is 5.32 Å². The summed E-state index contributed by atoms with van der Waals surface area (Å²) < 4.78 is 0. The molecule has 0 spiro atoms. The van der Waals surface area contributed by atoms with Crippen molar-refractivity contribution in [2.75, 3.05) is 5.32 Å². The minimum atomic E-state index is -0.184. The van der Waals surface area contributed by atoms with E-state index in [0.717, 1.165) is 18.5 Å². The fraction of sp³-hybridized carbons (Fsp3) is 0.400. The van der Waals surface area contributed by atoms with Crippen molar-refractivity contribution in [1.82, 2.24) is 4.98 Å². The van der Waals surface area contributed by atoms with Crippen molar-refractivity contribution in [3.05, 3.63) is 32.5 Å². The summed E-state index contributed by atoms with van der Waals surface area (Å²) in [4.78, 5) is 30.5. The number of aromatic nitrogens is 1. The minimum Gasteiger partial charge on any atom is -0.297 e. The smallest absolute Gasteiger partial charge is 0.267 e. The molecule has 0 unspecified atom stereocenters. The molecule has 2 aromatic rings. The SMILES string of the molecule is CC(=O)c1ccc(C(=O)Nc2nc3c(s2)CCCCC3)s1. The highest BCUT2D eigenvalue weighted by molar-refractivity contribution is 7.17. The largest absolute Gasteiger partial charge is 0.297 e. The number of nitrogens with zero attached hydrogens (tertiary/aromatic N) is 1. The number of fused-ring (bicyclic) bond motifs is 1. The number of anilines is 1. The summed E-state index contributed by atoms with van der Waals surface area (Å²) in [6.07, 6.45) is 5.71. The zero-order valence-corrected chi connectivity index (χ0v) is 13.4. The van der Waals surface area contributed by atoms with Gasteiger partial charge in [0.05, 0.1) is 15.4 Å². The van der Waals surface area contributed by atoms with Crippen molar-refractivity contribution in [1.29, 1.82) is 0 Å². The van der Waals surface area contributed by atoms with E-state index in [2.05, 4.69) is 10.3 Å². The van der Waals surface area contributed by atoms with Gasteiger partial charge in [0.1, 0.15) is 0 Å². The summed E-state index contributed by atoms with van der Waals surface area (Å²) in [5.74, 6) is -0.198. The molecule has 0 aromatic carbocycles. The van der Waals surface area contributed by atoms with Crippen LogP contribution in [0.25, 0.3) is 0 Å². The van der Waals surface area contributed by atoms with Crippen molar-refractivity contribution >= 4 is 39.5 Å². The van der Waals surface area contributed by atoms with E-state index in [9.17, 15) is 9.59 Å². The number of hydrogen-bond acceptors (Lipinski definition) is 5. The van der Waals surface area contributed by atoms with Crippen molar-refractivity contribution in [3.8, 4) is 0 Å². The fourth-order valence-corrected chi connectivity index (χ4v) is 4.23. The van der Waals surface area contributed by atoms with E-state index in [1.807, 2.05) is 0 Å². The molecular weight excluding hydrogens is 304 g/mol. The van der Waals surface area contributed by atoms with Crippen LogP contribution in [0.2, 0.25) is 0 Å². The number of Topliss-reactive ketones (excluding diaryl/α,β-unsaturated/α-hetero) is 1. The number of thiazole rings is 1. The second-order valence-corrected chi connectivity index (χ2v) is 7.29. The number of hydrogen-bond donors (Lipinski definition) is 1. The number of rotatable bonds is 3. The average Bonchev–Trinajstić information content (AvgIpc) is 3.02. The van der Waals surface area contributed by atoms with Gasteiger partial charge < -0.3 is 0 Å². The standard InChI is InChI=1S/C15H16N2O2S2/c1-9(18)11-7-8-13(20-11)14(19)17-15-16-10-5-3-2-4-6-12(10)21-15/h7-8H,2-6H2,1H3,(H,16,17,19). The lowest BCUT2D eigenvalue weighted by Gasteiger charge is -1.98. The van der Waals surface area contributed by atoms with E-state index in [1.165, 1.54) is 42.4 Å². The van der Waals surface area contributed by atoms with Crippen molar-refractivity contribution in [2.24, 2.45) is 0 Å². The molecule has 2 heterocycles. The van der Waals surface area contributed by atoms with E-state index in [4.69, 9.17) is 0 Å². The fourth-order valence-electron chi connectivity index (χ4n) is 2.39. The second kappa shape index (κ2) is 6.07. The summed E-state index contributed by atoms with van der Waals surface area (Å²) >= 11 is 2.80. The molecule has 1 N–H and O–H groups in total. The van der Waals surface area contributed by atoms with E-state index >= 15 is 0 Å². The lowest BCUT2D eigenvalue weighted by atomic mass is 10.2. The molecule has 1 aliphatic rings. The van der Waals surface area contributed by atoms with Gasteiger partial charge in [0.25, 0.3) is 5.91 Å². The number of amides is 1. The molecule has 0 fully saturated rings. The molecule has 1 amide bonds.